The SMILES string of the molecule is COC1C(NC(=O)c2ccccc2)C(O)OC(COC(C)=O)C1OC(C)=O. The Morgan fingerprint density at radius 3 is 2.33 bits per heavy atom. The smallest absolute Gasteiger partial charge is 0.303 e. The molecular weight excluding hydrogens is 358 g/mol. The maximum atomic E-state index is 12.4. The summed E-state index contributed by atoms with van der Waals surface area (Å²) in [7, 11) is 1.35. The van der Waals surface area contributed by atoms with Crippen LogP contribution in [0, 0.1) is 0 Å². The van der Waals surface area contributed by atoms with Gasteiger partial charge in [-0.3, -0.25) is 14.4 Å². The number of hydrogen-bond acceptors (Lipinski definition) is 8. The van der Waals surface area contributed by atoms with Gasteiger partial charge < -0.3 is 29.4 Å². The number of benzene rings is 1. The van der Waals surface area contributed by atoms with Crippen LogP contribution in [0.15, 0.2) is 30.3 Å². The van der Waals surface area contributed by atoms with Crippen molar-refractivity contribution in [3.63, 3.8) is 0 Å². The molecule has 1 saturated heterocycles. The molecule has 0 saturated carbocycles. The maximum Gasteiger partial charge on any atom is 0.303 e. The van der Waals surface area contributed by atoms with Crippen molar-refractivity contribution in [2.75, 3.05) is 13.7 Å². The highest BCUT2D eigenvalue weighted by Crippen LogP contribution is 2.25. The molecule has 0 bridgehead atoms. The number of rotatable bonds is 6. The summed E-state index contributed by atoms with van der Waals surface area (Å²) in [5.74, 6) is -1.61. The van der Waals surface area contributed by atoms with Crippen molar-refractivity contribution < 1.29 is 38.4 Å². The van der Waals surface area contributed by atoms with Gasteiger partial charge in [0.25, 0.3) is 5.91 Å². The quantitative estimate of drug-likeness (QED) is 0.662. The van der Waals surface area contributed by atoms with Crippen molar-refractivity contribution in [3.8, 4) is 0 Å². The molecule has 148 valence electrons. The minimum Gasteiger partial charge on any atom is -0.463 e. The van der Waals surface area contributed by atoms with Crippen LogP contribution in [-0.2, 0) is 28.5 Å². The molecule has 2 N–H and O–H groups in total. The molecule has 1 aromatic carbocycles. The molecule has 1 aliphatic rings. The summed E-state index contributed by atoms with van der Waals surface area (Å²) in [6, 6.07) is 7.38. The molecule has 9 heteroatoms. The standard InChI is InChI=1S/C18H23NO8/c1-10(20)25-9-13-15(26-11(2)21)16(24-3)14(18(23)27-13)19-17(22)12-7-5-4-6-8-12/h4-8,13-16,18,23H,9H2,1-3H3,(H,19,22). The van der Waals surface area contributed by atoms with E-state index in [-0.39, 0.29) is 6.61 Å². The third kappa shape index (κ3) is 5.49. The lowest BCUT2D eigenvalue weighted by Gasteiger charge is -2.43. The number of nitrogens with one attached hydrogen (secondary N) is 1. The summed E-state index contributed by atoms with van der Waals surface area (Å²) in [5.41, 5.74) is 0.380. The van der Waals surface area contributed by atoms with Crippen LogP contribution >= 0.6 is 0 Å². The summed E-state index contributed by atoms with van der Waals surface area (Å²) in [4.78, 5) is 35.0. The van der Waals surface area contributed by atoms with Gasteiger partial charge in [-0.05, 0) is 12.1 Å². The molecular formula is C18H23NO8. The Hall–Kier alpha value is -2.49. The highest BCUT2D eigenvalue weighted by atomic mass is 16.7. The van der Waals surface area contributed by atoms with Crippen molar-refractivity contribution in [2.45, 2.75) is 44.5 Å². The molecule has 9 nitrogen and oxygen atoms in total. The summed E-state index contributed by atoms with van der Waals surface area (Å²) >= 11 is 0. The van der Waals surface area contributed by atoms with Crippen LogP contribution < -0.4 is 5.32 Å². The normalized spacial score (nSPS) is 27.5. The van der Waals surface area contributed by atoms with Crippen LogP contribution in [0.25, 0.3) is 0 Å². The van der Waals surface area contributed by atoms with Crippen molar-refractivity contribution in [1.82, 2.24) is 5.32 Å². The Balaban J connectivity index is 2.20. The first-order valence-electron chi connectivity index (χ1n) is 8.36. The van der Waals surface area contributed by atoms with Gasteiger partial charge in [-0.25, -0.2) is 0 Å². The van der Waals surface area contributed by atoms with Crippen LogP contribution in [0.5, 0.6) is 0 Å². The number of carbonyl (C=O) groups excluding carboxylic acids is 3. The number of amides is 1. The Kier molecular flexibility index (Phi) is 7.28. The number of ether oxygens (including phenoxy) is 4. The summed E-state index contributed by atoms with van der Waals surface area (Å²) in [5, 5.41) is 13.0. The lowest BCUT2D eigenvalue weighted by molar-refractivity contribution is -0.263. The summed E-state index contributed by atoms with van der Waals surface area (Å²) in [6.45, 7) is 2.18. The first kappa shape index (κ1) is 20.8. The van der Waals surface area contributed by atoms with Gasteiger partial charge in [0.1, 0.15) is 24.9 Å². The lowest BCUT2D eigenvalue weighted by atomic mass is 9.96. The van der Waals surface area contributed by atoms with E-state index in [2.05, 4.69) is 5.32 Å². The van der Waals surface area contributed by atoms with Crippen molar-refractivity contribution in [1.29, 1.82) is 0 Å². The largest absolute Gasteiger partial charge is 0.463 e. The average Bonchev–Trinajstić information content (AvgIpc) is 2.63. The first-order valence-corrected chi connectivity index (χ1v) is 8.36. The van der Waals surface area contributed by atoms with Gasteiger partial charge in [0, 0.05) is 26.5 Å². The summed E-state index contributed by atoms with van der Waals surface area (Å²) < 4.78 is 21.0. The maximum absolute atomic E-state index is 12.4. The minimum atomic E-state index is -1.46. The number of aliphatic hydroxyl groups is 1. The minimum absolute atomic E-state index is 0.246. The van der Waals surface area contributed by atoms with Crippen molar-refractivity contribution >= 4 is 17.8 Å². The van der Waals surface area contributed by atoms with Crippen molar-refractivity contribution in [2.24, 2.45) is 0 Å². The Labute approximate surface area is 156 Å². The molecule has 1 fully saturated rings. The van der Waals surface area contributed by atoms with Gasteiger partial charge in [0.2, 0.25) is 0 Å². The molecule has 5 atom stereocenters. The molecule has 2 rings (SSSR count). The third-order valence-electron chi connectivity index (χ3n) is 4.02. The fourth-order valence-corrected chi connectivity index (χ4v) is 2.85. The van der Waals surface area contributed by atoms with Gasteiger partial charge in [-0.15, -0.1) is 0 Å². The van der Waals surface area contributed by atoms with E-state index in [0.29, 0.717) is 5.56 Å². The first-order chi connectivity index (χ1) is 12.8. The lowest BCUT2D eigenvalue weighted by Crippen LogP contribution is -2.65. The van der Waals surface area contributed by atoms with E-state index in [0.717, 1.165) is 0 Å². The molecule has 0 aliphatic carbocycles. The Morgan fingerprint density at radius 2 is 1.78 bits per heavy atom. The highest BCUT2D eigenvalue weighted by molar-refractivity contribution is 5.94. The van der Waals surface area contributed by atoms with E-state index in [4.69, 9.17) is 18.9 Å². The summed E-state index contributed by atoms with van der Waals surface area (Å²) in [6.07, 6.45) is -4.35. The Bertz CT molecular complexity index is 665. The molecule has 27 heavy (non-hydrogen) atoms. The zero-order valence-electron chi connectivity index (χ0n) is 15.3. The fourth-order valence-electron chi connectivity index (χ4n) is 2.85. The monoisotopic (exact) mass is 381 g/mol. The van der Waals surface area contributed by atoms with Crippen LogP contribution in [0.3, 0.4) is 0 Å². The highest BCUT2D eigenvalue weighted by Gasteiger charge is 2.48. The molecule has 1 heterocycles. The number of hydrogen-bond donors (Lipinski definition) is 2. The molecule has 0 spiro atoms. The van der Waals surface area contributed by atoms with Crippen LogP contribution in [0.1, 0.15) is 24.2 Å². The van der Waals surface area contributed by atoms with Crippen LogP contribution in [0.4, 0.5) is 0 Å². The second-order valence-electron chi connectivity index (χ2n) is 6.01. The molecule has 1 aromatic rings. The van der Waals surface area contributed by atoms with E-state index in [1.165, 1.54) is 21.0 Å². The second kappa shape index (κ2) is 9.45. The fraction of sp³-hybridized carbons (Fsp3) is 0.500. The Morgan fingerprint density at radius 1 is 1.11 bits per heavy atom. The predicted octanol–water partition coefficient (Wildman–Crippen LogP) is 0.0120. The van der Waals surface area contributed by atoms with Gasteiger partial charge in [0.05, 0.1) is 0 Å². The second-order valence-corrected chi connectivity index (χ2v) is 6.01. The van der Waals surface area contributed by atoms with E-state index in [9.17, 15) is 19.5 Å². The zero-order chi connectivity index (χ0) is 20.0. The molecule has 1 aliphatic heterocycles. The zero-order valence-corrected chi connectivity index (χ0v) is 15.3. The molecule has 1 amide bonds. The molecule has 0 aromatic heterocycles. The van der Waals surface area contributed by atoms with E-state index >= 15 is 0 Å². The van der Waals surface area contributed by atoms with E-state index in [1.54, 1.807) is 30.3 Å². The van der Waals surface area contributed by atoms with Gasteiger partial charge in [0.15, 0.2) is 12.4 Å². The van der Waals surface area contributed by atoms with Crippen LogP contribution in [0.2, 0.25) is 0 Å². The van der Waals surface area contributed by atoms with Gasteiger partial charge >= 0.3 is 11.9 Å². The van der Waals surface area contributed by atoms with Gasteiger partial charge in [-0.2, -0.15) is 0 Å². The predicted molar refractivity (Wildman–Crippen MR) is 91.6 cm³/mol. The van der Waals surface area contributed by atoms with Gasteiger partial charge in [-0.1, -0.05) is 18.2 Å². The number of aliphatic hydroxyl groups excluding tert-OH is 1. The molecule has 5 unspecified atom stereocenters. The number of methoxy groups -OCH3 is 1. The topological polar surface area (TPSA) is 120 Å². The van der Waals surface area contributed by atoms with E-state index in [1.807, 2.05) is 0 Å². The van der Waals surface area contributed by atoms with Crippen LogP contribution in [-0.4, -0.2) is 67.3 Å². The number of esters is 2. The number of carbonyl (C=O) groups is 3. The average molecular weight is 381 g/mol. The molecule has 0 radical (unpaired) electrons. The van der Waals surface area contributed by atoms with Crippen molar-refractivity contribution in [3.05, 3.63) is 35.9 Å². The van der Waals surface area contributed by atoms with E-state index < -0.39 is 48.5 Å². The third-order valence-corrected chi connectivity index (χ3v) is 4.02.